The van der Waals surface area contributed by atoms with Crippen molar-refractivity contribution in [1.82, 2.24) is 4.90 Å². The topological polar surface area (TPSA) is 27.0 Å². The van der Waals surface area contributed by atoms with Gasteiger partial charge in [0.15, 0.2) is 0 Å². The van der Waals surface area contributed by atoms with Gasteiger partial charge in [0.2, 0.25) is 0 Å². The SMILES string of the molecule is CC(C)(CBr)CN1CCC(C#N)CC1. The molecule has 1 heterocycles. The Morgan fingerprint density at radius 2 is 2.00 bits per heavy atom. The molecular formula is C11H19BrN2. The zero-order chi connectivity index (χ0) is 10.6. The van der Waals surface area contributed by atoms with Gasteiger partial charge in [-0.2, -0.15) is 5.26 Å². The summed E-state index contributed by atoms with van der Waals surface area (Å²) >= 11 is 3.54. The number of halogens is 1. The fourth-order valence-electron chi connectivity index (χ4n) is 1.87. The molecule has 0 radical (unpaired) electrons. The third-order valence-corrected chi connectivity index (χ3v) is 4.30. The molecule has 0 aromatic heterocycles. The van der Waals surface area contributed by atoms with Crippen molar-refractivity contribution >= 4 is 15.9 Å². The van der Waals surface area contributed by atoms with Gasteiger partial charge in [0, 0.05) is 17.8 Å². The maximum atomic E-state index is 8.78. The second kappa shape index (κ2) is 5.14. The third kappa shape index (κ3) is 3.59. The predicted octanol–water partition coefficient (Wildman–Crippen LogP) is 2.64. The lowest BCUT2D eigenvalue weighted by Crippen LogP contribution is -2.40. The van der Waals surface area contributed by atoms with Crippen LogP contribution in [-0.4, -0.2) is 29.9 Å². The van der Waals surface area contributed by atoms with E-state index in [-0.39, 0.29) is 0 Å². The van der Waals surface area contributed by atoms with E-state index in [1.807, 2.05) is 0 Å². The van der Waals surface area contributed by atoms with Crippen LogP contribution in [0, 0.1) is 22.7 Å². The Hall–Kier alpha value is -0.0700. The summed E-state index contributed by atoms with van der Waals surface area (Å²) in [6.45, 7) is 7.87. The molecule has 0 amide bonds. The summed E-state index contributed by atoms with van der Waals surface area (Å²) in [6, 6.07) is 2.37. The Kier molecular flexibility index (Phi) is 4.40. The van der Waals surface area contributed by atoms with Gasteiger partial charge < -0.3 is 4.90 Å². The maximum absolute atomic E-state index is 8.78. The Morgan fingerprint density at radius 1 is 1.43 bits per heavy atom. The van der Waals surface area contributed by atoms with Gasteiger partial charge in [-0.25, -0.2) is 0 Å². The predicted molar refractivity (Wildman–Crippen MR) is 62.4 cm³/mol. The zero-order valence-electron chi connectivity index (χ0n) is 9.09. The molecule has 1 aliphatic rings. The highest BCUT2D eigenvalue weighted by Crippen LogP contribution is 2.23. The van der Waals surface area contributed by atoms with Gasteiger partial charge in [-0.15, -0.1) is 0 Å². The van der Waals surface area contributed by atoms with Gasteiger partial charge in [0.05, 0.1) is 6.07 Å². The smallest absolute Gasteiger partial charge is 0.0656 e. The molecule has 0 atom stereocenters. The van der Waals surface area contributed by atoms with Gasteiger partial charge in [-0.1, -0.05) is 29.8 Å². The molecule has 1 aliphatic heterocycles. The molecule has 0 N–H and O–H groups in total. The van der Waals surface area contributed by atoms with E-state index in [0.717, 1.165) is 37.8 Å². The van der Waals surface area contributed by atoms with Crippen LogP contribution in [0.4, 0.5) is 0 Å². The van der Waals surface area contributed by atoms with Crippen LogP contribution in [0.15, 0.2) is 0 Å². The first kappa shape index (κ1) is 12.0. The van der Waals surface area contributed by atoms with Crippen molar-refractivity contribution < 1.29 is 0 Å². The van der Waals surface area contributed by atoms with Gasteiger partial charge in [-0.3, -0.25) is 0 Å². The minimum atomic E-state index is 0.304. The van der Waals surface area contributed by atoms with Crippen molar-refractivity contribution in [1.29, 1.82) is 5.26 Å². The number of piperidine rings is 1. The van der Waals surface area contributed by atoms with Crippen LogP contribution in [0.5, 0.6) is 0 Å². The Balaban J connectivity index is 2.33. The van der Waals surface area contributed by atoms with Gasteiger partial charge in [0.1, 0.15) is 0 Å². The summed E-state index contributed by atoms with van der Waals surface area (Å²) in [4.78, 5) is 2.48. The molecule has 0 saturated carbocycles. The number of likely N-dealkylation sites (tertiary alicyclic amines) is 1. The fourth-order valence-corrected chi connectivity index (χ4v) is 2.05. The van der Waals surface area contributed by atoms with Crippen LogP contribution < -0.4 is 0 Å². The highest BCUT2D eigenvalue weighted by Gasteiger charge is 2.24. The minimum Gasteiger partial charge on any atom is -0.303 e. The average molecular weight is 259 g/mol. The van der Waals surface area contributed by atoms with Crippen LogP contribution in [0.1, 0.15) is 26.7 Å². The molecule has 14 heavy (non-hydrogen) atoms. The van der Waals surface area contributed by atoms with Gasteiger partial charge >= 0.3 is 0 Å². The Labute approximate surface area is 95.4 Å². The average Bonchev–Trinajstić information content (AvgIpc) is 2.19. The lowest BCUT2D eigenvalue weighted by Gasteiger charge is -2.35. The molecule has 80 valence electrons. The number of nitrogens with zero attached hydrogens (tertiary/aromatic N) is 2. The molecule has 0 bridgehead atoms. The minimum absolute atomic E-state index is 0.304. The van der Waals surface area contributed by atoms with E-state index in [1.165, 1.54) is 0 Å². The number of hydrogen-bond donors (Lipinski definition) is 0. The largest absolute Gasteiger partial charge is 0.303 e. The van der Waals surface area contributed by atoms with E-state index >= 15 is 0 Å². The van der Waals surface area contributed by atoms with E-state index in [2.05, 4.69) is 40.7 Å². The van der Waals surface area contributed by atoms with Crippen molar-refractivity contribution in [3.63, 3.8) is 0 Å². The van der Waals surface area contributed by atoms with Crippen LogP contribution in [0.2, 0.25) is 0 Å². The molecule has 1 fully saturated rings. The lowest BCUT2D eigenvalue weighted by atomic mass is 9.92. The van der Waals surface area contributed by atoms with E-state index in [9.17, 15) is 0 Å². The van der Waals surface area contributed by atoms with E-state index in [4.69, 9.17) is 5.26 Å². The molecule has 0 aromatic carbocycles. The van der Waals surface area contributed by atoms with Crippen LogP contribution in [-0.2, 0) is 0 Å². The molecule has 0 aromatic rings. The number of nitriles is 1. The summed E-state index contributed by atoms with van der Waals surface area (Å²) in [7, 11) is 0. The first-order valence-electron chi connectivity index (χ1n) is 5.25. The third-order valence-electron chi connectivity index (χ3n) is 2.78. The second-order valence-electron chi connectivity index (χ2n) is 4.98. The summed E-state index contributed by atoms with van der Waals surface area (Å²) in [6.07, 6.45) is 2.10. The molecule has 1 rings (SSSR count). The van der Waals surface area contributed by atoms with Crippen LogP contribution >= 0.6 is 15.9 Å². The Bertz CT molecular complexity index is 212. The maximum Gasteiger partial charge on any atom is 0.0656 e. The number of alkyl halides is 1. The molecule has 2 nitrogen and oxygen atoms in total. The van der Waals surface area contributed by atoms with Gasteiger partial charge in [-0.05, 0) is 31.3 Å². The van der Waals surface area contributed by atoms with Crippen LogP contribution in [0.3, 0.4) is 0 Å². The summed E-state index contributed by atoms with van der Waals surface area (Å²) in [5, 5.41) is 9.82. The highest BCUT2D eigenvalue weighted by atomic mass is 79.9. The summed E-state index contributed by atoms with van der Waals surface area (Å²) in [5.41, 5.74) is 0.347. The van der Waals surface area contributed by atoms with Crippen LogP contribution in [0.25, 0.3) is 0 Å². The molecule has 3 heteroatoms. The van der Waals surface area contributed by atoms with Crippen molar-refractivity contribution in [2.45, 2.75) is 26.7 Å². The quantitative estimate of drug-likeness (QED) is 0.728. The standard InChI is InChI=1S/C11H19BrN2/c1-11(2,8-12)9-14-5-3-10(7-13)4-6-14/h10H,3-6,8-9H2,1-2H3. The normalized spacial score (nSPS) is 20.7. The van der Waals surface area contributed by atoms with Crippen molar-refractivity contribution in [2.75, 3.05) is 25.0 Å². The lowest BCUT2D eigenvalue weighted by molar-refractivity contribution is 0.152. The first-order chi connectivity index (χ1) is 6.57. The van der Waals surface area contributed by atoms with E-state index in [0.29, 0.717) is 11.3 Å². The molecule has 0 aliphatic carbocycles. The Morgan fingerprint density at radius 3 is 2.43 bits per heavy atom. The summed E-state index contributed by atoms with van der Waals surface area (Å²) < 4.78 is 0. The molecule has 0 spiro atoms. The molecule has 1 saturated heterocycles. The highest BCUT2D eigenvalue weighted by molar-refractivity contribution is 9.09. The van der Waals surface area contributed by atoms with Gasteiger partial charge in [0.25, 0.3) is 0 Å². The first-order valence-corrected chi connectivity index (χ1v) is 6.37. The van der Waals surface area contributed by atoms with Crippen molar-refractivity contribution in [2.24, 2.45) is 11.3 Å². The van der Waals surface area contributed by atoms with E-state index in [1.54, 1.807) is 0 Å². The fraction of sp³-hybridized carbons (Fsp3) is 0.909. The molecular weight excluding hydrogens is 240 g/mol. The number of rotatable bonds is 3. The van der Waals surface area contributed by atoms with Crippen molar-refractivity contribution in [3.8, 4) is 6.07 Å². The monoisotopic (exact) mass is 258 g/mol. The summed E-state index contributed by atoms with van der Waals surface area (Å²) in [5.74, 6) is 0.304. The molecule has 0 unspecified atom stereocenters. The second-order valence-corrected chi connectivity index (χ2v) is 5.54. The van der Waals surface area contributed by atoms with E-state index < -0.39 is 0 Å². The van der Waals surface area contributed by atoms with Crippen molar-refractivity contribution in [3.05, 3.63) is 0 Å². The zero-order valence-corrected chi connectivity index (χ0v) is 10.7. The number of hydrogen-bond acceptors (Lipinski definition) is 2.